The second-order valence-electron chi connectivity index (χ2n) is 7.20. The monoisotopic (exact) mass is 293 g/mol. The average molecular weight is 293 g/mol. The second kappa shape index (κ2) is 7.90. The highest BCUT2D eigenvalue weighted by molar-refractivity contribution is 4.91. The van der Waals surface area contributed by atoms with Gasteiger partial charge in [0.15, 0.2) is 0 Å². The first kappa shape index (κ1) is 16.4. The van der Waals surface area contributed by atoms with Crippen molar-refractivity contribution in [3.63, 3.8) is 0 Å². The fraction of sp³-hybridized carbons (Fsp3) is 0.875. The molecule has 5 heteroatoms. The largest absolute Gasteiger partial charge is 0.311 e. The summed E-state index contributed by atoms with van der Waals surface area (Å²) in [5.74, 6) is 2.31. The third kappa shape index (κ3) is 5.75. The topological polar surface area (TPSA) is 46.0 Å². The number of nitrogens with zero attached hydrogens (tertiary/aromatic N) is 4. The SMILES string of the molecule is CC(C)CNCc1cn(CCN2CC(C)CC(C)C2)nn1. The Hall–Kier alpha value is -0.940. The van der Waals surface area contributed by atoms with Crippen molar-refractivity contribution in [2.24, 2.45) is 17.8 Å². The Morgan fingerprint density at radius 1 is 1.24 bits per heavy atom. The van der Waals surface area contributed by atoms with Crippen LogP contribution in [0.15, 0.2) is 6.20 Å². The molecular formula is C16H31N5. The van der Waals surface area contributed by atoms with Crippen LogP contribution in [0.5, 0.6) is 0 Å². The molecule has 0 saturated carbocycles. The highest BCUT2D eigenvalue weighted by Gasteiger charge is 2.21. The fourth-order valence-electron chi connectivity index (χ4n) is 3.24. The van der Waals surface area contributed by atoms with Crippen molar-refractivity contribution < 1.29 is 0 Å². The summed E-state index contributed by atoms with van der Waals surface area (Å²) in [6.07, 6.45) is 3.44. The van der Waals surface area contributed by atoms with Gasteiger partial charge in [-0.1, -0.05) is 32.9 Å². The number of rotatable bonds is 7. The van der Waals surface area contributed by atoms with Crippen molar-refractivity contribution in [1.82, 2.24) is 25.2 Å². The Kier molecular flexibility index (Phi) is 6.18. The van der Waals surface area contributed by atoms with Crippen molar-refractivity contribution >= 4 is 0 Å². The molecule has 0 spiro atoms. The maximum Gasteiger partial charge on any atom is 0.0964 e. The van der Waals surface area contributed by atoms with Crippen LogP contribution in [0.4, 0.5) is 0 Å². The van der Waals surface area contributed by atoms with Crippen molar-refractivity contribution in [2.75, 3.05) is 26.2 Å². The van der Waals surface area contributed by atoms with Gasteiger partial charge >= 0.3 is 0 Å². The van der Waals surface area contributed by atoms with Crippen LogP contribution in [-0.2, 0) is 13.1 Å². The molecule has 1 fully saturated rings. The first-order chi connectivity index (χ1) is 10.0. The normalized spacial score (nSPS) is 23.9. The molecule has 0 radical (unpaired) electrons. The summed E-state index contributed by atoms with van der Waals surface area (Å²) in [4.78, 5) is 2.57. The van der Waals surface area contributed by atoms with Crippen LogP contribution >= 0.6 is 0 Å². The molecular weight excluding hydrogens is 262 g/mol. The van der Waals surface area contributed by atoms with E-state index in [0.29, 0.717) is 5.92 Å². The lowest BCUT2D eigenvalue weighted by atomic mass is 9.92. The third-order valence-corrected chi connectivity index (χ3v) is 4.03. The second-order valence-corrected chi connectivity index (χ2v) is 7.20. The smallest absolute Gasteiger partial charge is 0.0964 e. The number of hydrogen-bond acceptors (Lipinski definition) is 4. The van der Waals surface area contributed by atoms with Crippen LogP contribution < -0.4 is 5.32 Å². The Morgan fingerprint density at radius 3 is 2.62 bits per heavy atom. The summed E-state index contributed by atoms with van der Waals surface area (Å²) in [6, 6.07) is 0. The lowest BCUT2D eigenvalue weighted by Gasteiger charge is -2.34. The number of piperidine rings is 1. The lowest BCUT2D eigenvalue weighted by Crippen LogP contribution is -2.40. The van der Waals surface area contributed by atoms with Gasteiger partial charge in [-0.3, -0.25) is 4.68 Å². The molecule has 1 aromatic rings. The van der Waals surface area contributed by atoms with E-state index in [4.69, 9.17) is 0 Å². The Balaban J connectivity index is 1.72. The van der Waals surface area contributed by atoms with E-state index in [1.54, 1.807) is 0 Å². The molecule has 2 atom stereocenters. The van der Waals surface area contributed by atoms with Gasteiger partial charge in [-0.25, -0.2) is 0 Å². The van der Waals surface area contributed by atoms with Gasteiger partial charge in [-0.2, -0.15) is 0 Å². The molecule has 0 aromatic carbocycles. The maximum absolute atomic E-state index is 4.24. The zero-order valence-electron chi connectivity index (χ0n) is 14.0. The minimum absolute atomic E-state index is 0.670. The first-order valence-corrected chi connectivity index (χ1v) is 8.35. The van der Waals surface area contributed by atoms with E-state index in [0.717, 1.165) is 43.7 Å². The van der Waals surface area contributed by atoms with Gasteiger partial charge in [0.05, 0.1) is 12.2 Å². The van der Waals surface area contributed by atoms with Crippen LogP contribution in [0.2, 0.25) is 0 Å². The molecule has 1 aliphatic rings. The summed E-state index contributed by atoms with van der Waals surface area (Å²) < 4.78 is 1.98. The van der Waals surface area contributed by atoms with Crippen LogP contribution in [-0.4, -0.2) is 46.1 Å². The highest BCUT2D eigenvalue weighted by atomic mass is 15.4. The van der Waals surface area contributed by atoms with E-state index in [2.05, 4.69) is 54.4 Å². The Bertz CT molecular complexity index is 405. The fourth-order valence-corrected chi connectivity index (χ4v) is 3.24. The van der Waals surface area contributed by atoms with Crippen LogP contribution in [0.3, 0.4) is 0 Å². The lowest BCUT2D eigenvalue weighted by molar-refractivity contribution is 0.135. The molecule has 1 saturated heterocycles. The summed E-state index contributed by atoms with van der Waals surface area (Å²) in [5, 5.41) is 11.9. The van der Waals surface area contributed by atoms with Gasteiger partial charge in [0.2, 0.25) is 0 Å². The van der Waals surface area contributed by atoms with Crippen molar-refractivity contribution in [3.8, 4) is 0 Å². The molecule has 5 nitrogen and oxygen atoms in total. The first-order valence-electron chi connectivity index (χ1n) is 8.35. The van der Waals surface area contributed by atoms with Gasteiger partial charge in [0.1, 0.15) is 0 Å². The molecule has 2 unspecified atom stereocenters. The van der Waals surface area contributed by atoms with Gasteiger partial charge < -0.3 is 10.2 Å². The third-order valence-electron chi connectivity index (χ3n) is 4.03. The van der Waals surface area contributed by atoms with E-state index < -0.39 is 0 Å². The molecule has 1 N–H and O–H groups in total. The van der Waals surface area contributed by atoms with Gasteiger partial charge in [0.25, 0.3) is 0 Å². The van der Waals surface area contributed by atoms with E-state index in [1.165, 1.54) is 19.5 Å². The molecule has 1 aliphatic heterocycles. The Labute approximate surface area is 129 Å². The zero-order chi connectivity index (χ0) is 15.2. The van der Waals surface area contributed by atoms with Crippen molar-refractivity contribution in [2.45, 2.75) is 47.2 Å². The molecule has 0 amide bonds. The number of aromatic nitrogens is 3. The number of hydrogen-bond donors (Lipinski definition) is 1. The predicted molar refractivity (Wildman–Crippen MR) is 86.0 cm³/mol. The Morgan fingerprint density at radius 2 is 1.95 bits per heavy atom. The van der Waals surface area contributed by atoms with E-state index >= 15 is 0 Å². The average Bonchev–Trinajstić information content (AvgIpc) is 2.83. The highest BCUT2D eigenvalue weighted by Crippen LogP contribution is 2.20. The molecule has 0 bridgehead atoms. The molecule has 0 aliphatic carbocycles. The minimum atomic E-state index is 0.670. The summed E-state index contributed by atoms with van der Waals surface area (Å²) in [5.41, 5.74) is 1.04. The maximum atomic E-state index is 4.24. The van der Waals surface area contributed by atoms with Crippen LogP contribution in [0.25, 0.3) is 0 Å². The molecule has 1 aromatic heterocycles. The number of likely N-dealkylation sites (tertiary alicyclic amines) is 1. The van der Waals surface area contributed by atoms with E-state index in [1.807, 2.05) is 4.68 Å². The van der Waals surface area contributed by atoms with Gasteiger partial charge in [-0.15, -0.1) is 5.10 Å². The summed E-state index contributed by atoms with van der Waals surface area (Å²) >= 11 is 0. The number of nitrogens with one attached hydrogen (secondary N) is 1. The molecule has 21 heavy (non-hydrogen) atoms. The molecule has 120 valence electrons. The van der Waals surface area contributed by atoms with Gasteiger partial charge in [0, 0.05) is 32.4 Å². The summed E-state index contributed by atoms with van der Waals surface area (Å²) in [7, 11) is 0. The van der Waals surface area contributed by atoms with Crippen molar-refractivity contribution in [3.05, 3.63) is 11.9 Å². The predicted octanol–water partition coefficient (Wildman–Crippen LogP) is 2.00. The zero-order valence-corrected chi connectivity index (χ0v) is 14.0. The van der Waals surface area contributed by atoms with Crippen molar-refractivity contribution in [1.29, 1.82) is 0 Å². The quantitative estimate of drug-likeness (QED) is 0.835. The van der Waals surface area contributed by atoms with E-state index in [9.17, 15) is 0 Å². The minimum Gasteiger partial charge on any atom is -0.311 e. The molecule has 2 rings (SSSR count). The van der Waals surface area contributed by atoms with E-state index in [-0.39, 0.29) is 0 Å². The standard InChI is InChI=1S/C16H31N5/c1-13(2)8-17-9-16-12-21(19-18-16)6-5-20-10-14(3)7-15(4)11-20/h12-15,17H,5-11H2,1-4H3. The van der Waals surface area contributed by atoms with Crippen LogP contribution in [0.1, 0.15) is 39.8 Å². The summed E-state index contributed by atoms with van der Waals surface area (Å²) in [6.45, 7) is 15.5. The van der Waals surface area contributed by atoms with Gasteiger partial charge in [-0.05, 0) is 30.7 Å². The molecule has 2 heterocycles. The van der Waals surface area contributed by atoms with Crippen LogP contribution in [0, 0.1) is 17.8 Å².